The number of halogens is 6. The molecule has 0 radical (unpaired) electrons. The highest BCUT2D eigenvalue weighted by Gasteiger charge is 2.32. The van der Waals surface area contributed by atoms with E-state index in [1.54, 1.807) is 0 Å². The summed E-state index contributed by atoms with van der Waals surface area (Å²) in [6.07, 6.45) is -4.89. The average molecular weight is 509 g/mol. The van der Waals surface area contributed by atoms with Gasteiger partial charge in [-0.15, -0.1) is 13.2 Å². The fraction of sp³-hybridized carbons (Fsp3) is 0.238. The van der Waals surface area contributed by atoms with Crippen molar-refractivity contribution >= 4 is 23.4 Å². The normalized spacial score (nSPS) is 10.9. The molecule has 184 valence electrons. The van der Waals surface area contributed by atoms with Gasteiger partial charge < -0.3 is 24.8 Å². The molecule has 0 heterocycles. The number of rotatable bonds is 11. The van der Waals surface area contributed by atoms with Gasteiger partial charge in [-0.25, -0.2) is 8.78 Å². The fourth-order valence-corrected chi connectivity index (χ4v) is 2.46. The molecular weight excluding hydrogens is 491 g/mol. The van der Waals surface area contributed by atoms with Crippen molar-refractivity contribution in [3.8, 4) is 17.2 Å². The first-order chi connectivity index (χ1) is 15.9. The van der Waals surface area contributed by atoms with Gasteiger partial charge in [0.05, 0.1) is 5.02 Å². The first-order valence-electron chi connectivity index (χ1n) is 9.43. The van der Waals surface area contributed by atoms with Crippen LogP contribution in [0, 0.1) is 11.6 Å². The summed E-state index contributed by atoms with van der Waals surface area (Å²) < 4.78 is 77.0. The van der Waals surface area contributed by atoms with E-state index in [4.69, 9.17) is 21.1 Å². The Morgan fingerprint density at radius 2 is 1.53 bits per heavy atom. The van der Waals surface area contributed by atoms with Gasteiger partial charge in [-0.2, -0.15) is 0 Å². The molecule has 0 saturated carbocycles. The number of carbonyl (C=O) groups excluding carboxylic acids is 2. The maximum absolute atomic E-state index is 13.6. The third-order valence-corrected chi connectivity index (χ3v) is 4.13. The molecule has 2 aromatic rings. The Labute approximate surface area is 195 Å². The highest BCUT2D eigenvalue weighted by molar-refractivity contribution is 6.30. The lowest BCUT2D eigenvalue weighted by Crippen LogP contribution is -2.32. The topological polar surface area (TPSA) is 85.9 Å². The fourth-order valence-electron chi connectivity index (χ4n) is 2.34. The quantitative estimate of drug-likeness (QED) is 0.446. The zero-order valence-corrected chi connectivity index (χ0v) is 18.1. The Kier molecular flexibility index (Phi) is 9.48. The Balaban J connectivity index is 1.66. The molecule has 0 fully saturated rings. The van der Waals surface area contributed by atoms with E-state index >= 15 is 0 Å². The minimum absolute atomic E-state index is 0.0802. The van der Waals surface area contributed by atoms with Crippen molar-refractivity contribution in [2.45, 2.75) is 12.8 Å². The molecule has 0 saturated heterocycles. The molecule has 0 atom stereocenters. The Morgan fingerprint density at radius 3 is 2.12 bits per heavy atom. The summed E-state index contributed by atoms with van der Waals surface area (Å²) in [4.78, 5) is 23.6. The predicted octanol–water partition coefficient (Wildman–Crippen LogP) is 4.11. The molecule has 2 aromatic carbocycles. The largest absolute Gasteiger partial charge is 0.573 e. The average Bonchev–Trinajstić information content (AvgIpc) is 2.74. The zero-order chi connectivity index (χ0) is 25.3. The van der Waals surface area contributed by atoms with E-state index in [0.29, 0.717) is 12.1 Å². The molecule has 13 heteroatoms. The van der Waals surface area contributed by atoms with Crippen LogP contribution in [-0.4, -0.2) is 37.9 Å². The van der Waals surface area contributed by atoms with Gasteiger partial charge in [0, 0.05) is 30.8 Å². The summed E-state index contributed by atoms with van der Waals surface area (Å²) in [6, 6.07) is 6.08. The van der Waals surface area contributed by atoms with E-state index in [0.717, 1.165) is 12.1 Å². The smallest absolute Gasteiger partial charge is 0.484 e. The van der Waals surface area contributed by atoms with Crippen LogP contribution >= 0.6 is 11.6 Å². The van der Waals surface area contributed by atoms with Crippen molar-refractivity contribution < 1.29 is 45.8 Å². The van der Waals surface area contributed by atoms with Crippen LogP contribution in [0.2, 0.25) is 5.02 Å². The SMILES string of the molecule is C=C(CCNC(=O)COc1ccc(Cl)c(F)c1)NC(=O)COc1ccc(OC(F)(F)F)c(F)c1. The van der Waals surface area contributed by atoms with Crippen molar-refractivity contribution in [3.63, 3.8) is 0 Å². The molecule has 2 amide bonds. The number of amides is 2. The molecule has 0 spiro atoms. The molecule has 0 unspecified atom stereocenters. The molecule has 0 aliphatic heterocycles. The zero-order valence-electron chi connectivity index (χ0n) is 17.3. The van der Waals surface area contributed by atoms with E-state index in [-0.39, 0.29) is 41.8 Å². The van der Waals surface area contributed by atoms with E-state index in [1.165, 1.54) is 12.1 Å². The van der Waals surface area contributed by atoms with Gasteiger partial charge in [-0.3, -0.25) is 9.59 Å². The summed E-state index contributed by atoms with van der Waals surface area (Å²) in [7, 11) is 0. The van der Waals surface area contributed by atoms with Gasteiger partial charge in [0.25, 0.3) is 11.8 Å². The second-order valence-corrected chi connectivity index (χ2v) is 6.95. The van der Waals surface area contributed by atoms with Crippen LogP contribution < -0.4 is 24.8 Å². The van der Waals surface area contributed by atoms with Crippen LogP contribution in [0.15, 0.2) is 48.7 Å². The lowest BCUT2D eigenvalue weighted by Gasteiger charge is -2.12. The number of nitrogens with one attached hydrogen (secondary N) is 2. The maximum atomic E-state index is 13.6. The number of carbonyl (C=O) groups is 2. The molecule has 34 heavy (non-hydrogen) atoms. The van der Waals surface area contributed by atoms with Crippen LogP contribution in [0.25, 0.3) is 0 Å². The molecular formula is C21H18ClF5N2O5. The highest BCUT2D eigenvalue weighted by atomic mass is 35.5. The first kappa shape index (κ1) is 26.7. The van der Waals surface area contributed by atoms with E-state index in [9.17, 15) is 31.5 Å². The number of ether oxygens (including phenoxy) is 3. The second-order valence-electron chi connectivity index (χ2n) is 6.54. The van der Waals surface area contributed by atoms with Crippen molar-refractivity contribution in [2.75, 3.05) is 19.8 Å². The number of hydrogen-bond acceptors (Lipinski definition) is 5. The van der Waals surface area contributed by atoms with Gasteiger partial charge in [0.2, 0.25) is 0 Å². The molecule has 0 aliphatic carbocycles. The number of hydrogen-bond donors (Lipinski definition) is 2. The Hall–Kier alpha value is -3.54. The van der Waals surface area contributed by atoms with Crippen LogP contribution in [0.3, 0.4) is 0 Å². The summed E-state index contributed by atoms with van der Waals surface area (Å²) in [5.74, 6) is -4.28. The maximum Gasteiger partial charge on any atom is 0.573 e. The molecule has 2 N–H and O–H groups in total. The van der Waals surface area contributed by atoms with Crippen LogP contribution in [0.4, 0.5) is 22.0 Å². The second kappa shape index (κ2) is 12.1. The van der Waals surface area contributed by atoms with Gasteiger partial charge >= 0.3 is 6.36 Å². The Morgan fingerprint density at radius 1 is 0.941 bits per heavy atom. The van der Waals surface area contributed by atoms with E-state index in [2.05, 4.69) is 21.9 Å². The van der Waals surface area contributed by atoms with Gasteiger partial charge in [-0.05, 0) is 24.3 Å². The third-order valence-electron chi connectivity index (χ3n) is 3.83. The standard InChI is InChI=1S/C21H18ClF5N2O5/c1-12(6-7-28-19(30)10-32-13-2-4-15(22)16(23)8-13)29-20(31)11-33-14-3-5-18(17(24)9-14)34-21(25,26)27/h2-5,8-9H,1,6-7,10-11H2,(H,28,30)(H,29,31). The monoisotopic (exact) mass is 508 g/mol. The van der Waals surface area contributed by atoms with E-state index < -0.39 is 42.2 Å². The summed E-state index contributed by atoms with van der Waals surface area (Å²) >= 11 is 5.55. The van der Waals surface area contributed by atoms with Crippen LogP contribution in [0.5, 0.6) is 17.2 Å². The van der Waals surface area contributed by atoms with Crippen molar-refractivity contribution in [1.29, 1.82) is 0 Å². The van der Waals surface area contributed by atoms with Crippen molar-refractivity contribution in [3.05, 3.63) is 65.3 Å². The molecule has 0 bridgehead atoms. The molecule has 0 aliphatic rings. The van der Waals surface area contributed by atoms with Gasteiger partial charge in [0.1, 0.15) is 17.3 Å². The highest BCUT2D eigenvalue weighted by Crippen LogP contribution is 2.28. The minimum Gasteiger partial charge on any atom is -0.484 e. The summed E-state index contributed by atoms with van der Waals surface area (Å²) in [6.45, 7) is 2.76. The first-order valence-corrected chi connectivity index (χ1v) is 9.81. The molecule has 0 aromatic heterocycles. The van der Waals surface area contributed by atoms with Crippen molar-refractivity contribution in [2.24, 2.45) is 0 Å². The lowest BCUT2D eigenvalue weighted by atomic mass is 10.3. The number of benzene rings is 2. The van der Waals surface area contributed by atoms with E-state index in [1.807, 2.05) is 0 Å². The summed E-state index contributed by atoms with van der Waals surface area (Å²) in [5.41, 5.74) is 0.231. The van der Waals surface area contributed by atoms with Crippen LogP contribution in [-0.2, 0) is 9.59 Å². The lowest BCUT2D eigenvalue weighted by molar-refractivity contribution is -0.275. The van der Waals surface area contributed by atoms with Gasteiger partial charge in [-0.1, -0.05) is 18.2 Å². The van der Waals surface area contributed by atoms with Crippen LogP contribution in [0.1, 0.15) is 6.42 Å². The Bertz CT molecular complexity index is 1050. The van der Waals surface area contributed by atoms with Gasteiger partial charge in [0.15, 0.2) is 24.8 Å². The third kappa shape index (κ3) is 9.53. The molecule has 7 nitrogen and oxygen atoms in total. The molecule has 2 rings (SSSR count). The summed E-state index contributed by atoms with van der Waals surface area (Å²) in [5, 5.41) is 4.82. The minimum atomic E-state index is -5.05. The van der Waals surface area contributed by atoms with Crippen molar-refractivity contribution in [1.82, 2.24) is 10.6 Å². The number of alkyl halides is 3. The predicted molar refractivity (Wildman–Crippen MR) is 110 cm³/mol.